The SMILES string of the molecule is CC(Nc1cc(-c2cc3nccn3c(N3C[C@@H]4C[C@H]3CN4C)n2)ccn1)c1ccccc1. The smallest absolute Gasteiger partial charge is 0.212 e. The fraction of sp³-hybridized carbons (Fsp3) is 0.320. The standard InChI is InChI=1S/C25H27N7/c1-17(18-6-4-3-5-7-18)28-23-12-19(8-9-26-23)22-14-24-27-10-11-31(24)25(29-22)32-16-20-13-21(32)15-30(20)2/h3-12,14,17,20-21H,13,15-16H2,1-2H3,(H,26,28)/t17?,20-,21-/m0/s1. The van der Waals surface area contributed by atoms with E-state index in [0.717, 1.165) is 41.8 Å². The van der Waals surface area contributed by atoms with Crippen molar-refractivity contribution in [3.63, 3.8) is 0 Å². The van der Waals surface area contributed by atoms with Crippen molar-refractivity contribution in [1.82, 2.24) is 24.3 Å². The number of likely N-dealkylation sites (tertiary alicyclic amines) is 1. The molecule has 6 rings (SSSR count). The summed E-state index contributed by atoms with van der Waals surface area (Å²) in [6.45, 7) is 4.26. The minimum absolute atomic E-state index is 0.161. The van der Waals surface area contributed by atoms with Crippen molar-refractivity contribution in [2.45, 2.75) is 31.5 Å². The first-order valence-corrected chi connectivity index (χ1v) is 11.2. The zero-order valence-electron chi connectivity index (χ0n) is 18.4. The summed E-state index contributed by atoms with van der Waals surface area (Å²) in [5, 5.41) is 3.52. The molecule has 4 aromatic rings. The zero-order chi connectivity index (χ0) is 21.7. The van der Waals surface area contributed by atoms with Gasteiger partial charge in [0.05, 0.1) is 5.69 Å². The number of hydrogen-bond acceptors (Lipinski definition) is 6. The van der Waals surface area contributed by atoms with Gasteiger partial charge in [0, 0.05) is 61.4 Å². The van der Waals surface area contributed by atoms with Crippen molar-refractivity contribution >= 4 is 17.4 Å². The van der Waals surface area contributed by atoms with E-state index in [1.54, 1.807) is 0 Å². The van der Waals surface area contributed by atoms with Crippen molar-refractivity contribution in [2.75, 3.05) is 30.4 Å². The van der Waals surface area contributed by atoms with Crippen molar-refractivity contribution in [1.29, 1.82) is 0 Å². The Bertz CT molecular complexity index is 1250. The van der Waals surface area contributed by atoms with E-state index in [2.05, 4.69) is 79.9 Å². The molecule has 32 heavy (non-hydrogen) atoms. The Morgan fingerprint density at radius 3 is 2.66 bits per heavy atom. The van der Waals surface area contributed by atoms with Crippen LogP contribution in [0.15, 0.2) is 67.1 Å². The molecule has 7 nitrogen and oxygen atoms in total. The summed E-state index contributed by atoms with van der Waals surface area (Å²) >= 11 is 0. The number of likely N-dealkylation sites (N-methyl/N-ethyl adjacent to an activating group) is 1. The maximum atomic E-state index is 5.12. The molecule has 0 radical (unpaired) electrons. The van der Waals surface area contributed by atoms with E-state index in [4.69, 9.17) is 4.98 Å². The van der Waals surface area contributed by atoms with Gasteiger partial charge in [-0.15, -0.1) is 0 Å². The van der Waals surface area contributed by atoms with Crippen molar-refractivity contribution in [3.05, 3.63) is 72.7 Å². The lowest BCUT2D eigenvalue weighted by Gasteiger charge is -2.33. The van der Waals surface area contributed by atoms with Gasteiger partial charge in [0.15, 0.2) is 0 Å². The Kier molecular flexibility index (Phi) is 4.57. The number of aromatic nitrogens is 4. The Morgan fingerprint density at radius 1 is 1.00 bits per heavy atom. The molecule has 1 aromatic carbocycles. The molecule has 3 aromatic heterocycles. The van der Waals surface area contributed by atoms with Crippen LogP contribution in [0.4, 0.5) is 11.8 Å². The first-order valence-electron chi connectivity index (χ1n) is 11.2. The van der Waals surface area contributed by atoms with E-state index >= 15 is 0 Å². The quantitative estimate of drug-likeness (QED) is 0.524. The van der Waals surface area contributed by atoms with Crippen molar-refractivity contribution < 1.29 is 0 Å². The second-order valence-electron chi connectivity index (χ2n) is 8.94. The number of imidazole rings is 1. The third-order valence-corrected chi connectivity index (χ3v) is 6.86. The third kappa shape index (κ3) is 3.29. The van der Waals surface area contributed by atoms with Crippen LogP contribution in [0.5, 0.6) is 0 Å². The molecule has 0 saturated carbocycles. The van der Waals surface area contributed by atoms with Gasteiger partial charge in [-0.1, -0.05) is 30.3 Å². The van der Waals surface area contributed by atoms with E-state index in [-0.39, 0.29) is 6.04 Å². The number of anilines is 2. The van der Waals surface area contributed by atoms with E-state index in [1.165, 1.54) is 12.0 Å². The molecule has 0 spiro atoms. The van der Waals surface area contributed by atoms with E-state index < -0.39 is 0 Å². The lowest BCUT2D eigenvalue weighted by atomic mass is 10.1. The monoisotopic (exact) mass is 425 g/mol. The molecule has 0 amide bonds. The molecular weight excluding hydrogens is 398 g/mol. The van der Waals surface area contributed by atoms with Crippen LogP contribution >= 0.6 is 0 Å². The number of nitrogens with zero attached hydrogens (tertiary/aromatic N) is 6. The summed E-state index contributed by atoms with van der Waals surface area (Å²) < 4.78 is 2.11. The Labute approximate surface area is 187 Å². The first-order chi connectivity index (χ1) is 15.7. The predicted octanol–water partition coefficient (Wildman–Crippen LogP) is 3.86. The molecule has 2 fully saturated rings. The molecule has 2 saturated heterocycles. The topological polar surface area (TPSA) is 61.6 Å². The van der Waals surface area contributed by atoms with Gasteiger partial charge in [0.1, 0.15) is 11.5 Å². The van der Waals surface area contributed by atoms with E-state index in [1.807, 2.05) is 30.7 Å². The highest BCUT2D eigenvalue weighted by Gasteiger charge is 2.42. The average Bonchev–Trinajstić information content (AvgIpc) is 3.54. The minimum atomic E-state index is 0.161. The largest absolute Gasteiger partial charge is 0.364 e. The summed E-state index contributed by atoms with van der Waals surface area (Å²) in [5.41, 5.74) is 4.11. The number of fused-ring (bicyclic) bond motifs is 3. The lowest BCUT2D eigenvalue weighted by Crippen LogP contribution is -2.45. The highest BCUT2D eigenvalue weighted by molar-refractivity contribution is 5.68. The molecule has 1 unspecified atom stereocenters. The van der Waals surface area contributed by atoms with Gasteiger partial charge in [0.25, 0.3) is 0 Å². The minimum Gasteiger partial charge on any atom is -0.364 e. The molecule has 0 aliphatic carbocycles. The maximum absolute atomic E-state index is 5.12. The van der Waals surface area contributed by atoms with Crippen molar-refractivity contribution in [2.24, 2.45) is 0 Å². The van der Waals surface area contributed by atoms with E-state index in [9.17, 15) is 0 Å². The van der Waals surface area contributed by atoms with Crippen LogP contribution in [-0.4, -0.2) is 56.5 Å². The fourth-order valence-electron chi connectivity index (χ4n) is 5.08. The zero-order valence-corrected chi connectivity index (χ0v) is 18.4. The number of nitrogens with one attached hydrogen (secondary N) is 1. The van der Waals surface area contributed by atoms with E-state index in [0.29, 0.717) is 12.1 Å². The summed E-state index contributed by atoms with van der Waals surface area (Å²) in [6, 6.07) is 17.9. The molecule has 2 aliphatic rings. The van der Waals surface area contributed by atoms with Gasteiger partial charge in [-0.25, -0.2) is 15.0 Å². The second-order valence-corrected chi connectivity index (χ2v) is 8.94. The summed E-state index contributed by atoms with van der Waals surface area (Å²) in [5.74, 6) is 1.83. The molecular formula is C25H27N7. The number of hydrogen-bond donors (Lipinski definition) is 1. The number of rotatable bonds is 5. The summed E-state index contributed by atoms with van der Waals surface area (Å²) in [6.07, 6.45) is 6.92. The summed E-state index contributed by atoms with van der Waals surface area (Å²) in [4.78, 5) is 19.2. The molecule has 2 aliphatic heterocycles. The van der Waals surface area contributed by atoms with Crippen LogP contribution in [0.25, 0.3) is 16.9 Å². The molecule has 1 N–H and O–H groups in total. The number of pyridine rings is 1. The number of benzene rings is 1. The lowest BCUT2D eigenvalue weighted by molar-refractivity contribution is 0.291. The molecule has 5 heterocycles. The predicted molar refractivity (Wildman–Crippen MR) is 127 cm³/mol. The van der Waals surface area contributed by atoms with Gasteiger partial charge in [-0.2, -0.15) is 0 Å². The van der Waals surface area contributed by atoms with Gasteiger partial charge >= 0.3 is 0 Å². The van der Waals surface area contributed by atoms with Gasteiger partial charge < -0.3 is 10.2 Å². The fourth-order valence-corrected chi connectivity index (χ4v) is 5.08. The Morgan fingerprint density at radius 2 is 1.88 bits per heavy atom. The normalized spacial score (nSPS) is 21.4. The molecule has 7 heteroatoms. The molecule has 3 atom stereocenters. The summed E-state index contributed by atoms with van der Waals surface area (Å²) in [7, 11) is 2.22. The van der Waals surface area contributed by atoms with Gasteiger partial charge in [-0.3, -0.25) is 9.30 Å². The van der Waals surface area contributed by atoms with Crippen LogP contribution in [0.3, 0.4) is 0 Å². The Balaban J connectivity index is 1.34. The average molecular weight is 426 g/mol. The van der Waals surface area contributed by atoms with Crippen LogP contribution in [-0.2, 0) is 0 Å². The highest BCUT2D eigenvalue weighted by atomic mass is 15.4. The number of piperazine rings is 1. The molecule has 2 bridgehead atoms. The Hall–Kier alpha value is -3.45. The van der Waals surface area contributed by atoms with Crippen LogP contribution in [0, 0.1) is 0 Å². The van der Waals surface area contributed by atoms with Crippen LogP contribution in [0.1, 0.15) is 24.9 Å². The first kappa shape index (κ1) is 19.3. The molecule has 162 valence electrons. The van der Waals surface area contributed by atoms with Crippen LogP contribution < -0.4 is 10.2 Å². The highest BCUT2D eigenvalue weighted by Crippen LogP contribution is 2.34. The van der Waals surface area contributed by atoms with Gasteiger partial charge in [0.2, 0.25) is 5.95 Å². The third-order valence-electron chi connectivity index (χ3n) is 6.86. The van der Waals surface area contributed by atoms with Gasteiger partial charge in [-0.05, 0) is 38.1 Å². The maximum Gasteiger partial charge on any atom is 0.212 e. The second kappa shape index (κ2) is 7.60. The van der Waals surface area contributed by atoms with Crippen molar-refractivity contribution in [3.8, 4) is 11.3 Å². The van der Waals surface area contributed by atoms with Crippen LogP contribution in [0.2, 0.25) is 0 Å².